The summed E-state index contributed by atoms with van der Waals surface area (Å²) in [6, 6.07) is 25.3. The van der Waals surface area contributed by atoms with Gasteiger partial charge in [0.05, 0.1) is 32.3 Å². The van der Waals surface area contributed by atoms with Crippen LogP contribution in [-0.4, -0.2) is 35.7 Å². The minimum atomic E-state index is -0.134. The predicted molar refractivity (Wildman–Crippen MR) is 181 cm³/mol. The molecule has 4 nitrogen and oxygen atoms in total. The molecule has 0 bridgehead atoms. The second-order valence-corrected chi connectivity index (χ2v) is 16.0. The van der Waals surface area contributed by atoms with Gasteiger partial charge in [-0.1, -0.05) is 12.1 Å². The zero-order valence-corrected chi connectivity index (χ0v) is 27.1. The van der Waals surface area contributed by atoms with Crippen LogP contribution in [0.2, 0.25) is 0 Å². The lowest BCUT2D eigenvalue weighted by Crippen LogP contribution is -2.24. The SMILES string of the molecule is CN1C(=O)C2=C(c3ccc(-c4ccc(-c5cccs5)s4)s3)N(C)C(=O)C2=C1c1ccc(-c2ccc(-c3cccs3)s2)s1. The van der Waals surface area contributed by atoms with Crippen molar-refractivity contribution in [1.29, 1.82) is 0 Å². The largest absolute Gasteiger partial charge is 0.309 e. The first-order chi connectivity index (χ1) is 20.5. The number of carbonyl (C=O) groups excluding carboxylic acids is 2. The monoisotopic (exact) mass is 656 g/mol. The molecular formula is C32H20N2O2S6. The molecule has 8 rings (SSSR count). The summed E-state index contributed by atoms with van der Waals surface area (Å²) in [7, 11) is 3.55. The topological polar surface area (TPSA) is 40.6 Å². The molecule has 0 N–H and O–H groups in total. The average molecular weight is 657 g/mol. The Bertz CT molecular complexity index is 1910. The van der Waals surface area contributed by atoms with Gasteiger partial charge in [-0.05, 0) is 71.4 Å². The maximum Gasteiger partial charge on any atom is 0.261 e. The Morgan fingerprint density at radius 1 is 0.429 bits per heavy atom. The molecular weight excluding hydrogens is 637 g/mol. The molecule has 6 aromatic heterocycles. The number of hydrogen-bond acceptors (Lipinski definition) is 8. The zero-order chi connectivity index (χ0) is 28.5. The van der Waals surface area contributed by atoms with Gasteiger partial charge in [0.15, 0.2) is 0 Å². The molecule has 2 aliphatic heterocycles. The molecule has 42 heavy (non-hydrogen) atoms. The average Bonchev–Trinajstić information content (AvgIpc) is 3.83. The van der Waals surface area contributed by atoms with Crippen molar-refractivity contribution in [3.63, 3.8) is 0 Å². The summed E-state index contributed by atoms with van der Waals surface area (Å²) >= 11 is 10.2. The van der Waals surface area contributed by atoms with E-state index in [1.807, 2.05) is 12.1 Å². The fraction of sp³-hybridized carbons (Fsp3) is 0.0625. The van der Waals surface area contributed by atoms with Crippen LogP contribution in [-0.2, 0) is 9.59 Å². The number of likely N-dealkylation sites (N-methyl/N-ethyl adjacent to an activating group) is 2. The zero-order valence-electron chi connectivity index (χ0n) is 22.2. The third-order valence-corrected chi connectivity index (χ3v) is 14.2. The number of fused-ring (bicyclic) bond motifs is 1. The minimum absolute atomic E-state index is 0.134. The Hall–Kier alpha value is -3.38. The summed E-state index contributed by atoms with van der Waals surface area (Å²) in [6.45, 7) is 0. The highest BCUT2D eigenvalue weighted by molar-refractivity contribution is 7.27. The maximum atomic E-state index is 13.7. The van der Waals surface area contributed by atoms with Gasteiger partial charge >= 0.3 is 0 Å². The van der Waals surface area contributed by atoms with Crippen molar-refractivity contribution in [3.8, 4) is 39.0 Å². The van der Waals surface area contributed by atoms with Crippen molar-refractivity contribution in [1.82, 2.24) is 9.80 Å². The maximum absolute atomic E-state index is 13.7. The molecule has 2 amide bonds. The van der Waals surface area contributed by atoms with Crippen molar-refractivity contribution in [2.75, 3.05) is 14.1 Å². The van der Waals surface area contributed by atoms with Crippen molar-refractivity contribution in [2.24, 2.45) is 0 Å². The lowest BCUT2D eigenvalue weighted by molar-refractivity contribution is -0.123. The third-order valence-electron chi connectivity index (χ3n) is 7.34. The molecule has 0 unspecified atom stereocenters. The van der Waals surface area contributed by atoms with Crippen LogP contribution in [0.15, 0.2) is 94.7 Å². The van der Waals surface area contributed by atoms with Gasteiger partial charge in [0.1, 0.15) is 0 Å². The molecule has 0 saturated heterocycles. The van der Waals surface area contributed by atoms with E-state index in [1.54, 1.807) is 91.9 Å². The molecule has 8 heterocycles. The van der Waals surface area contributed by atoms with Gasteiger partial charge in [-0.15, -0.1) is 68.0 Å². The molecule has 10 heteroatoms. The van der Waals surface area contributed by atoms with Crippen LogP contribution >= 0.6 is 68.0 Å². The molecule has 0 spiro atoms. The molecule has 0 fully saturated rings. The summed E-state index contributed by atoms with van der Waals surface area (Å²) in [5, 5.41) is 4.18. The van der Waals surface area contributed by atoms with Crippen LogP contribution in [0.3, 0.4) is 0 Å². The van der Waals surface area contributed by atoms with Crippen LogP contribution in [0.1, 0.15) is 9.75 Å². The van der Waals surface area contributed by atoms with Gasteiger partial charge in [0.2, 0.25) is 0 Å². The molecule has 6 aromatic rings. The molecule has 0 aromatic carbocycles. The van der Waals surface area contributed by atoms with Crippen molar-refractivity contribution in [2.45, 2.75) is 0 Å². The van der Waals surface area contributed by atoms with Crippen molar-refractivity contribution in [3.05, 3.63) is 104 Å². The molecule has 0 atom stereocenters. The van der Waals surface area contributed by atoms with E-state index in [4.69, 9.17) is 0 Å². The fourth-order valence-corrected chi connectivity index (χ4v) is 11.4. The van der Waals surface area contributed by atoms with Gasteiger partial charge in [-0.25, -0.2) is 0 Å². The fourth-order valence-electron chi connectivity index (χ4n) is 5.34. The number of hydrogen-bond donors (Lipinski definition) is 0. The van der Waals surface area contributed by atoms with Gasteiger partial charge < -0.3 is 9.80 Å². The van der Waals surface area contributed by atoms with E-state index in [-0.39, 0.29) is 11.8 Å². The van der Waals surface area contributed by atoms with E-state index in [2.05, 4.69) is 71.4 Å². The van der Waals surface area contributed by atoms with Crippen LogP contribution < -0.4 is 0 Å². The van der Waals surface area contributed by atoms with E-state index in [0.29, 0.717) is 22.5 Å². The van der Waals surface area contributed by atoms with Crippen LogP contribution in [0.4, 0.5) is 0 Å². The first-order valence-corrected chi connectivity index (χ1v) is 18.0. The van der Waals surface area contributed by atoms with E-state index in [0.717, 1.165) is 19.5 Å². The standard InChI is InChI=1S/C32H20N2O2S6/c1-33-29(25-13-11-23(41-25)21-9-7-19(39-21)17-5-3-15-37-17)27-28(31(33)35)30(34(2)32(27)36)26-14-12-24(42-26)22-10-8-20(40-22)18-6-4-16-38-18/h3-16H,1-2H3. The Kier molecular flexibility index (Phi) is 6.33. The summed E-state index contributed by atoms with van der Waals surface area (Å²) in [5.74, 6) is -0.269. The highest BCUT2D eigenvalue weighted by Crippen LogP contribution is 2.50. The number of rotatable bonds is 6. The molecule has 2 aliphatic rings. The lowest BCUT2D eigenvalue weighted by Gasteiger charge is -2.18. The Morgan fingerprint density at radius 3 is 1.07 bits per heavy atom. The normalized spacial score (nSPS) is 15.2. The van der Waals surface area contributed by atoms with Gasteiger partial charge in [-0.2, -0.15) is 0 Å². The van der Waals surface area contributed by atoms with Gasteiger partial charge in [-0.3, -0.25) is 9.59 Å². The minimum Gasteiger partial charge on any atom is -0.309 e. The summed E-state index contributed by atoms with van der Waals surface area (Å²) < 4.78 is 0. The quantitative estimate of drug-likeness (QED) is 0.179. The number of thiophene rings is 6. The highest BCUT2D eigenvalue weighted by Gasteiger charge is 2.47. The van der Waals surface area contributed by atoms with Crippen molar-refractivity contribution < 1.29 is 9.59 Å². The first kappa shape index (κ1) is 26.3. The van der Waals surface area contributed by atoms with Gasteiger partial charge in [0.25, 0.3) is 11.8 Å². The highest BCUT2D eigenvalue weighted by atomic mass is 32.1. The van der Waals surface area contributed by atoms with E-state index in [9.17, 15) is 9.59 Å². The molecule has 0 radical (unpaired) electrons. The summed E-state index contributed by atoms with van der Waals surface area (Å²) in [5.41, 5.74) is 2.40. The van der Waals surface area contributed by atoms with E-state index >= 15 is 0 Å². The second-order valence-electron chi connectivity index (χ2n) is 9.79. The Balaban J connectivity index is 1.16. The number of amides is 2. The third kappa shape index (κ3) is 4.09. The molecule has 0 saturated carbocycles. The van der Waals surface area contributed by atoms with Crippen molar-refractivity contribution >= 4 is 91.2 Å². The summed E-state index contributed by atoms with van der Waals surface area (Å²) in [4.78, 5) is 42.2. The molecule has 206 valence electrons. The van der Waals surface area contributed by atoms with Crippen LogP contribution in [0, 0.1) is 0 Å². The predicted octanol–water partition coefficient (Wildman–Crippen LogP) is 9.79. The lowest BCUT2D eigenvalue weighted by atomic mass is 10.1. The number of carbonyl (C=O) groups is 2. The first-order valence-electron chi connectivity index (χ1n) is 13.0. The Labute approximate surface area is 266 Å². The molecule has 0 aliphatic carbocycles. The smallest absolute Gasteiger partial charge is 0.261 e. The Morgan fingerprint density at radius 2 is 0.738 bits per heavy atom. The second kappa shape index (κ2) is 10.1. The van der Waals surface area contributed by atoms with Crippen LogP contribution in [0.5, 0.6) is 0 Å². The van der Waals surface area contributed by atoms with Gasteiger partial charge in [0, 0.05) is 53.1 Å². The number of nitrogens with zero attached hydrogens (tertiary/aromatic N) is 2. The van der Waals surface area contributed by atoms with E-state index < -0.39 is 0 Å². The van der Waals surface area contributed by atoms with E-state index in [1.165, 1.54) is 29.3 Å². The summed E-state index contributed by atoms with van der Waals surface area (Å²) in [6.07, 6.45) is 0. The van der Waals surface area contributed by atoms with Crippen LogP contribution in [0.25, 0.3) is 50.4 Å².